The van der Waals surface area contributed by atoms with Crippen LogP contribution in [0.15, 0.2) is 0 Å². The maximum absolute atomic E-state index is 5.75. The van der Waals surface area contributed by atoms with E-state index in [9.17, 15) is 0 Å². The maximum Gasteiger partial charge on any atom is 0.0700 e. The minimum Gasteiger partial charge on any atom is -0.379 e. The highest BCUT2D eigenvalue weighted by Crippen LogP contribution is 2.36. The molecule has 96 valence electrons. The quantitative estimate of drug-likeness (QED) is 0.422. The van der Waals surface area contributed by atoms with Crippen LogP contribution in [0.25, 0.3) is 0 Å². The van der Waals surface area contributed by atoms with Gasteiger partial charge in [-0.05, 0) is 25.5 Å². The summed E-state index contributed by atoms with van der Waals surface area (Å²) in [6.07, 6.45) is 8.02. The lowest BCUT2D eigenvalue weighted by Crippen LogP contribution is -2.29. The summed E-state index contributed by atoms with van der Waals surface area (Å²) in [6.45, 7) is 5.10. The molecular weight excluding hydrogens is 220 g/mol. The zero-order chi connectivity index (χ0) is 11.7. The molecule has 0 radical (unpaired) electrons. The van der Waals surface area contributed by atoms with Crippen molar-refractivity contribution >= 4 is 12.6 Å². The van der Waals surface area contributed by atoms with Crippen LogP contribution in [0, 0.1) is 5.41 Å². The average molecular weight is 246 g/mol. The molecule has 0 aromatic rings. The van der Waals surface area contributed by atoms with E-state index in [0.29, 0.717) is 5.41 Å². The van der Waals surface area contributed by atoms with Gasteiger partial charge in [-0.25, -0.2) is 0 Å². The van der Waals surface area contributed by atoms with Gasteiger partial charge in [0, 0.05) is 12.0 Å². The molecule has 0 spiro atoms. The van der Waals surface area contributed by atoms with Crippen molar-refractivity contribution in [3.63, 3.8) is 0 Å². The van der Waals surface area contributed by atoms with Crippen molar-refractivity contribution in [3.05, 3.63) is 0 Å². The fourth-order valence-electron chi connectivity index (χ4n) is 2.38. The van der Waals surface area contributed by atoms with Gasteiger partial charge < -0.3 is 9.47 Å². The molecule has 0 bridgehead atoms. The normalized spacial score (nSPS) is 20.6. The zero-order valence-corrected chi connectivity index (χ0v) is 11.4. The molecule has 0 amide bonds. The Kier molecular flexibility index (Phi) is 7.50. The first kappa shape index (κ1) is 14.3. The van der Waals surface area contributed by atoms with Gasteiger partial charge in [-0.1, -0.05) is 25.7 Å². The van der Waals surface area contributed by atoms with Crippen molar-refractivity contribution in [2.45, 2.75) is 45.4 Å². The Morgan fingerprint density at radius 2 is 1.62 bits per heavy atom. The molecule has 1 aliphatic carbocycles. The van der Waals surface area contributed by atoms with Crippen LogP contribution in [0.5, 0.6) is 0 Å². The van der Waals surface area contributed by atoms with E-state index >= 15 is 0 Å². The lowest BCUT2D eigenvalue weighted by atomic mass is 9.83. The molecular formula is C13H26O2S. The number of hydrogen-bond acceptors (Lipinski definition) is 3. The third kappa shape index (κ3) is 5.07. The molecule has 1 fully saturated rings. The Hall–Kier alpha value is 0.270. The van der Waals surface area contributed by atoms with E-state index in [0.717, 1.165) is 32.2 Å². The number of rotatable bonds is 7. The Bertz CT molecular complexity index is 165. The predicted octanol–water partition coefficient (Wildman–Crippen LogP) is 3.31. The van der Waals surface area contributed by atoms with E-state index in [2.05, 4.69) is 12.6 Å². The Balaban J connectivity index is 2.22. The summed E-state index contributed by atoms with van der Waals surface area (Å²) < 4.78 is 11.0. The summed E-state index contributed by atoms with van der Waals surface area (Å²) in [5, 5.41) is 0. The van der Waals surface area contributed by atoms with Gasteiger partial charge in [0.25, 0.3) is 0 Å². The molecule has 16 heavy (non-hydrogen) atoms. The van der Waals surface area contributed by atoms with Crippen LogP contribution in [0.1, 0.15) is 45.4 Å². The van der Waals surface area contributed by atoms with Crippen LogP contribution in [-0.4, -0.2) is 32.2 Å². The third-order valence-corrected chi connectivity index (χ3v) is 4.15. The molecule has 2 nitrogen and oxygen atoms in total. The maximum atomic E-state index is 5.75. The number of hydrogen-bond donors (Lipinski definition) is 1. The highest BCUT2D eigenvalue weighted by atomic mass is 32.1. The molecule has 0 N–H and O–H groups in total. The molecule has 1 rings (SSSR count). The smallest absolute Gasteiger partial charge is 0.0700 e. The lowest BCUT2D eigenvalue weighted by Gasteiger charge is -2.30. The van der Waals surface area contributed by atoms with Crippen molar-refractivity contribution < 1.29 is 9.47 Å². The molecule has 1 aliphatic rings. The second-order valence-corrected chi connectivity index (χ2v) is 5.14. The summed E-state index contributed by atoms with van der Waals surface area (Å²) in [5.74, 6) is 0.960. The molecule has 0 unspecified atom stereocenters. The van der Waals surface area contributed by atoms with E-state index in [-0.39, 0.29) is 0 Å². The fraction of sp³-hybridized carbons (Fsp3) is 1.00. The molecule has 3 heteroatoms. The minimum atomic E-state index is 0.339. The van der Waals surface area contributed by atoms with Crippen molar-refractivity contribution in [1.82, 2.24) is 0 Å². The van der Waals surface area contributed by atoms with Gasteiger partial charge in [0.05, 0.1) is 19.8 Å². The number of ether oxygens (including phenoxy) is 2. The summed E-state index contributed by atoms with van der Waals surface area (Å²) in [7, 11) is 0. The summed E-state index contributed by atoms with van der Waals surface area (Å²) in [5.41, 5.74) is 0.339. The molecule has 0 aliphatic heterocycles. The monoisotopic (exact) mass is 246 g/mol. The molecule has 0 saturated heterocycles. The van der Waals surface area contributed by atoms with Crippen molar-refractivity contribution in [1.29, 1.82) is 0 Å². The predicted molar refractivity (Wildman–Crippen MR) is 71.3 cm³/mol. The number of thiol groups is 1. The van der Waals surface area contributed by atoms with Crippen LogP contribution < -0.4 is 0 Å². The lowest BCUT2D eigenvalue weighted by molar-refractivity contribution is 0.00923. The van der Waals surface area contributed by atoms with Crippen molar-refractivity contribution in [2.75, 3.05) is 32.2 Å². The fourth-order valence-corrected chi connectivity index (χ4v) is 2.79. The second kappa shape index (κ2) is 8.37. The summed E-state index contributed by atoms with van der Waals surface area (Å²) in [6, 6.07) is 0. The Morgan fingerprint density at radius 1 is 1.00 bits per heavy atom. The van der Waals surface area contributed by atoms with Crippen LogP contribution >= 0.6 is 12.6 Å². The van der Waals surface area contributed by atoms with Gasteiger partial charge in [0.1, 0.15) is 0 Å². The zero-order valence-electron chi connectivity index (χ0n) is 10.5. The van der Waals surface area contributed by atoms with Crippen LogP contribution in [0.3, 0.4) is 0 Å². The van der Waals surface area contributed by atoms with Crippen LogP contribution in [0.4, 0.5) is 0 Å². The van der Waals surface area contributed by atoms with Gasteiger partial charge >= 0.3 is 0 Å². The summed E-state index contributed by atoms with van der Waals surface area (Å²) in [4.78, 5) is 0. The standard InChI is InChI=1S/C13H26O2S/c1-2-14-9-10-15-11-13(12-16)7-5-3-4-6-8-13/h16H,2-12H2,1H3. The molecule has 0 atom stereocenters. The van der Waals surface area contributed by atoms with E-state index in [4.69, 9.17) is 9.47 Å². The van der Waals surface area contributed by atoms with E-state index in [1.165, 1.54) is 38.5 Å². The topological polar surface area (TPSA) is 18.5 Å². The van der Waals surface area contributed by atoms with Gasteiger partial charge in [-0.2, -0.15) is 12.6 Å². The molecule has 0 heterocycles. The van der Waals surface area contributed by atoms with Crippen molar-refractivity contribution in [2.24, 2.45) is 5.41 Å². The van der Waals surface area contributed by atoms with E-state index in [1.807, 2.05) is 6.92 Å². The first-order valence-corrected chi connectivity index (χ1v) is 7.22. The van der Waals surface area contributed by atoms with E-state index in [1.54, 1.807) is 0 Å². The highest BCUT2D eigenvalue weighted by molar-refractivity contribution is 7.80. The van der Waals surface area contributed by atoms with Crippen molar-refractivity contribution in [3.8, 4) is 0 Å². The SMILES string of the molecule is CCOCCOCC1(CS)CCCCCC1. The van der Waals surface area contributed by atoms with Gasteiger partial charge in [0.2, 0.25) is 0 Å². The largest absolute Gasteiger partial charge is 0.379 e. The second-order valence-electron chi connectivity index (χ2n) is 4.82. The Labute approximate surface area is 105 Å². The van der Waals surface area contributed by atoms with Gasteiger partial charge in [-0.3, -0.25) is 0 Å². The molecule has 0 aromatic carbocycles. The third-order valence-electron chi connectivity index (χ3n) is 3.48. The first-order valence-electron chi connectivity index (χ1n) is 6.59. The Morgan fingerprint density at radius 3 is 2.19 bits per heavy atom. The minimum absolute atomic E-state index is 0.339. The highest BCUT2D eigenvalue weighted by Gasteiger charge is 2.29. The average Bonchev–Trinajstić information content (AvgIpc) is 2.55. The van der Waals surface area contributed by atoms with Crippen LogP contribution in [-0.2, 0) is 9.47 Å². The summed E-state index contributed by atoms with van der Waals surface area (Å²) >= 11 is 4.53. The van der Waals surface area contributed by atoms with Crippen LogP contribution in [0.2, 0.25) is 0 Å². The molecule has 1 saturated carbocycles. The van der Waals surface area contributed by atoms with Gasteiger partial charge in [0.15, 0.2) is 0 Å². The first-order chi connectivity index (χ1) is 7.83. The molecule has 0 aromatic heterocycles. The van der Waals surface area contributed by atoms with E-state index < -0.39 is 0 Å². The van der Waals surface area contributed by atoms with Gasteiger partial charge in [-0.15, -0.1) is 0 Å².